The summed E-state index contributed by atoms with van der Waals surface area (Å²) in [5, 5.41) is 9.40. The fourth-order valence-corrected chi connectivity index (χ4v) is 2.77. The van der Waals surface area contributed by atoms with Crippen molar-refractivity contribution in [3.8, 4) is 0 Å². The number of carbonyl (C=O) groups is 2. The third-order valence-corrected chi connectivity index (χ3v) is 4.51. The van der Waals surface area contributed by atoms with Crippen LogP contribution in [-0.4, -0.2) is 52.1 Å². The number of rotatable bonds is 2. The van der Waals surface area contributed by atoms with Gasteiger partial charge in [-0.1, -0.05) is 0 Å². The Labute approximate surface area is 108 Å². The lowest BCUT2D eigenvalue weighted by atomic mass is 9.88. The number of piperidine rings is 1. The van der Waals surface area contributed by atoms with Crippen LogP contribution in [0.3, 0.4) is 0 Å². The van der Waals surface area contributed by atoms with Crippen LogP contribution >= 0.6 is 0 Å². The number of urea groups is 1. The molecule has 0 radical (unpaired) electrons. The summed E-state index contributed by atoms with van der Waals surface area (Å²) in [6.45, 7) is 2.22. The van der Waals surface area contributed by atoms with Crippen molar-refractivity contribution in [3.05, 3.63) is 0 Å². The second kappa shape index (κ2) is 4.78. The van der Waals surface area contributed by atoms with Gasteiger partial charge in [0.1, 0.15) is 5.54 Å². The molecule has 102 valence electrons. The van der Waals surface area contributed by atoms with E-state index in [0.29, 0.717) is 19.0 Å². The molecular weight excluding hydrogens is 232 g/mol. The van der Waals surface area contributed by atoms with Crippen LogP contribution in [0.2, 0.25) is 0 Å². The van der Waals surface area contributed by atoms with E-state index in [9.17, 15) is 14.7 Å². The monoisotopic (exact) mass is 254 g/mol. The summed E-state index contributed by atoms with van der Waals surface area (Å²) in [5.41, 5.74) is -1.03. The molecule has 2 aliphatic rings. The molecule has 2 amide bonds. The number of hydrogen-bond acceptors (Lipinski definition) is 2. The summed E-state index contributed by atoms with van der Waals surface area (Å²) < 4.78 is 0. The molecule has 2 rings (SSSR count). The molecule has 0 spiro atoms. The zero-order chi connectivity index (χ0) is 13.3. The summed E-state index contributed by atoms with van der Waals surface area (Å²) in [6.07, 6.45) is 5.57. The Bertz CT molecular complexity index is 354. The minimum absolute atomic E-state index is 0.121. The van der Waals surface area contributed by atoms with Crippen molar-refractivity contribution < 1.29 is 14.7 Å². The highest BCUT2D eigenvalue weighted by atomic mass is 16.4. The zero-order valence-electron chi connectivity index (χ0n) is 11.2. The molecule has 1 unspecified atom stereocenters. The molecule has 0 bridgehead atoms. The maximum atomic E-state index is 12.4. The molecule has 0 aromatic heterocycles. The maximum Gasteiger partial charge on any atom is 0.329 e. The van der Waals surface area contributed by atoms with Gasteiger partial charge in [0.25, 0.3) is 0 Å². The molecule has 5 nitrogen and oxygen atoms in total. The average molecular weight is 254 g/mol. The Hall–Kier alpha value is -1.26. The quantitative estimate of drug-likeness (QED) is 0.819. The van der Waals surface area contributed by atoms with Gasteiger partial charge in [-0.15, -0.1) is 0 Å². The molecule has 0 aromatic carbocycles. The van der Waals surface area contributed by atoms with Crippen LogP contribution in [-0.2, 0) is 4.79 Å². The first kappa shape index (κ1) is 13.2. The fraction of sp³-hybridized carbons (Fsp3) is 0.846. The highest BCUT2D eigenvalue weighted by Gasteiger charge is 2.45. The first-order valence-electron chi connectivity index (χ1n) is 6.74. The van der Waals surface area contributed by atoms with Crippen LogP contribution in [0.4, 0.5) is 4.79 Å². The van der Waals surface area contributed by atoms with Crippen LogP contribution < -0.4 is 0 Å². The SMILES string of the molecule is CN(C(=O)N1CCCCC1(C)C(=O)O)C1CCC1. The van der Waals surface area contributed by atoms with Gasteiger partial charge in [0.05, 0.1) is 0 Å². The highest BCUT2D eigenvalue weighted by Crippen LogP contribution is 2.31. The Morgan fingerprint density at radius 2 is 1.94 bits per heavy atom. The molecular formula is C13H22N2O3. The molecule has 1 N–H and O–H groups in total. The van der Waals surface area contributed by atoms with Crippen molar-refractivity contribution in [2.24, 2.45) is 0 Å². The first-order valence-corrected chi connectivity index (χ1v) is 6.74. The van der Waals surface area contributed by atoms with Gasteiger partial charge in [0.15, 0.2) is 0 Å². The van der Waals surface area contributed by atoms with Crippen molar-refractivity contribution >= 4 is 12.0 Å². The standard InChI is InChI=1S/C13H22N2O3/c1-13(11(16)17)8-3-4-9-15(13)12(18)14(2)10-6-5-7-10/h10H,3-9H2,1-2H3,(H,16,17). The summed E-state index contributed by atoms with van der Waals surface area (Å²) in [5.74, 6) is -0.891. The molecule has 1 aliphatic heterocycles. The van der Waals surface area contributed by atoms with E-state index in [1.165, 1.54) is 6.42 Å². The molecule has 1 saturated heterocycles. The van der Waals surface area contributed by atoms with Crippen LogP contribution in [0.15, 0.2) is 0 Å². The number of hydrogen-bond donors (Lipinski definition) is 1. The van der Waals surface area contributed by atoms with Crippen molar-refractivity contribution in [3.63, 3.8) is 0 Å². The summed E-state index contributed by atoms with van der Waals surface area (Å²) in [4.78, 5) is 27.2. The van der Waals surface area contributed by atoms with E-state index in [-0.39, 0.29) is 6.03 Å². The van der Waals surface area contributed by atoms with Crippen molar-refractivity contribution in [2.75, 3.05) is 13.6 Å². The van der Waals surface area contributed by atoms with Gasteiger partial charge in [0.2, 0.25) is 0 Å². The average Bonchev–Trinajstić information content (AvgIpc) is 2.26. The lowest BCUT2D eigenvalue weighted by Gasteiger charge is -2.45. The summed E-state index contributed by atoms with van der Waals surface area (Å²) in [6, 6.07) is 0.182. The van der Waals surface area contributed by atoms with E-state index < -0.39 is 11.5 Å². The normalized spacial score (nSPS) is 28.7. The van der Waals surface area contributed by atoms with E-state index in [0.717, 1.165) is 25.7 Å². The van der Waals surface area contributed by atoms with Gasteiger partial charge in [-0.25, -0.2) is 9.59 Å². The third-order valence-electron chi connectivity index (χ3n) is 4.51. The summed E-state index contributed by atoms with van der Waals surface area (Å²) in [7, 11) is 1.79. The smallest absolute Gasteiger partial charge is 0.329 e. The minimum Gasteiger partial charge on any atom is -0.480 e. The minimum atomic E-state index is -1.03. The number of nitrogens with zero attached hydrogens (tertiary/aromatic N) is 2. The predicted octanol–water partition coefficient (Wildman–Crippen LogP) is 1.92. The first-order chi connectivity index (χ1) is 8.47. The Balaban J connectivity index is 2.13. The van der Waals surface area contributed by atoms with Crippen molar-refractivity contribution in [2.45, 2.75) is 57.0 Å². The molecule has 1 atom stereocenters. The topological polar surface area (TPSA) is 60.9 Å². The molecule has 0 aromatic rings. The third kappa shape index (κ3) is 2.06. The maximum absolute atomic E-state index is 12.4. The zero-order valence-corrected chi connectivity index (χ0v) is 11.2. The predicted molar refractivity (Wildman–Crippen MR) is 67.4 cm³/mol. The Morgan fingerprint density at radius 1 is 1.28 bits per heavy atom. The molecule has 18 heavy (non-hydrogen) atoms. The number of carbonyl (C=O) groups excluding carboxylic acids is 1. The van der Waals surface area contributed by atoms with E-state index in [1.54, 1.807) is 23.8 Å². The Morgan fingerprint density at radius 3 is 2.44 bits per heavy atom. The lowest BCUT2D eigenvalue weighted by Crippen LogP contribution is -2.61. The summed E-state index contributed by atoms with van der Waals surface area (Å²) >= 11 is 0. The Kier molecular flexibility index (Phi) is 3.50. The number of likely N-dealkylation sites (tertiary alicyclic amines) is 1. The molecule has 1 aliphatic carbocycles. The van der Waals surface area contributed by atoms with Gasteiger partial charge in [0, 0.05) is 19.6 Å². The van der Waals surface area contributed by atoms with Gasteiger partial charge < -0.3 is 14.9 Å². The van der Waals surface area contributed by atoms with E-state index in [1.807, 2.05) is 0 Å². The molecule has 1 saturated carbocycles. The second-order valence-corrected chi connectivity index (χ2v) is 5.67. The van der Waals surface area contributed by atoms with Crippen LogP contribution in [0.1, 0.15) is 45.4 Å². The number of carboxylic acid groups (broad SMARTS) is 1. The van der Waals surface area contributed by atoms with Gasteiger partial charge >= 0.3 is 12.0 Å². The second-order valence-electron chi connectivity index (χ2n) is 5.67. The van der Waals surface area contributed by atoms with Crippen LogP contribution in [0.5, 0.6) is 0 Å². The van der Waals surface area contributed by atoms with E-state index in [2.05, 4.69) is 0 Å². The number of amides is 2. The fourth-order valence-electron chi connectivity index (χ4n) is 2.77. The van der Waals surface area contributed by atoms with Crippen molar-refractivity contribution in [1.29, 1.82) is 0 Å². The number of aliphatic carboxylic acids is 1. The highest BCUT2D eigenvalue weighted by molar-refractivity contribution is 5.86. The van der Waals surface area contributed by atoms with E-state index >= 15 is 0 Å². The molecule has 1 heterocycles. The van der Waals surface area contributed by atoms with Crippen molar-refractivity contribution in [1.82, 2.24) is 9.80 Å². The molecule has 2 fully saturated rings. The molecule has 5 heteroatoms. The largest absolute Gasteiger partial charge is 0.480 e. The van der Waals surface area contributed by atoms with Crippen LogP contribution in [0.25, 0.3) is 0 Å². The van der Waals surface area contributed by atoms with Gasteiger partial charge in [-0.3, -0.25) is 0 Å². The number of carboxylic acids is 1. The van der Waals surface area contributed by atoms with Gasteiger partial charge in [-0.2, -0.15) is 0 Å². The lowest BCUT2D eigenvalue weighted by molar-refractivity contribution is -0.151. The van der Waals surface area contributed by atoms with Crippen LogP contribution in [0, 0.1) is 0 Å². The van der Waals surface area contributed by atoms with E-state index in [4.69, 9.17) is 0 Å². The van der Waals surface area contributed by atoms with Gasteiger partial charge in [-0.05, 0) is 45.4 Å².